The van der Waals surface area contributed by atoms with Gasteiger partial charge in [0.25, 0.3) is 0 Å². The van der Waals surface area contributed by atoms with Gasteiger partial charge in [0, 0.05) is 12.1 Å². The second-order valence-electron chi connectivity index (χ2n) is 16.4. The zero-order valence-electron chi connectivity index (χ0n) is 35.6. The maximum Gasteiger partial charge on any atom is 0.329 e. The molecule has 3 aliphatic rings. The molecule has 0 saturated carbocycles. The molecule has 0 bridgehead atoms. The Morgan fingerprint density at radius 2 is 1.41 bits per heavy atom. The fourth-order valence-electron chi connectivity index (χ4n) is 9.75. The zero-order chi connectivity index (χ0) is 45.1. The van der Waals surface area contributed by atoms with Crippen molar-refractivity contribution in [3.05, 3.63) is 167 Å². The first kappa shape index (κ1) is 43.8. The van der Waals surface area contributed by atoms with E-state index in [2.05, 4.69) is 10.6 Å². The number of esters is 2. The minimum absolute atomic E-state index is 0.124. The summed E-state index contributed by atoms with van der Waals surface area (Å²) in [6, 6.07) is 35.1. The van der Waals surface area contributed by atoms with Crippen LogP contribution >= 0.6 is 0 Å². The van der Waals surface area contributed by atoms with E-state index in [9.17, 15) is 19.8 Å². The van der Waals surface area contributed by atoms with Crippen LogP contribution in [0.3, 0.4) is 0 Å². The van der Waals surface area contributed by atoms with Crippen LogP contribution in [0.1, 0.15) is 66.0 Å². The minimum atomic E-state index is -2.10. The Hall–Kier alpha value is -6.87. The maximum absolute atomic E-state index is 16.3. The highest BCUT2D eigenvalue weighted by Gasteiger charge is 2.76. The first-order chi connectivity index (χ1) is 31.0. The van der Waals surface area contributed by atoms with Crippen molar-refractivity contribution in [1.29, 1.82) is 0 Å². The van der Waals surface area contributed by atoms with Gasteiger partial charge in [-0.1, -0.05) is 141 Å². The summed E-state index contributed by atoms with van der Waals surface area (Å²) in [7, 11) is 1.20. The highest BCUT2D eigenvalue weighted by molar-refractivity contribution is 6.25. The van der Waals surface area contributed by atoms with Crippen molar-refractivity contribution in [2.45, 2.75) is 55.6 Å². The Morgan fingerprint density at radius 3 is 2.06 bits per heavy atom. The standard InChI is InChI=1S/C50H50N4O10/c1-30(2)40(46(58)62-3)52-49(61)53-36-25-15-14-24-35(36)50(48(53)60)39(45(57)51-29-37(56)31-17-7-4-8-18-31)42-47(59)64-43(33-21-11-6-12-22-33)41(32-19-9-5-10-20-32)54(42)44(50)34-23-13-16-26-38(34)63-28-27-55/h4-26,30,37,39-44,55-56H,27-29H2,1-3H3,(H,51,57)(H,52,61). The van der Waals surface area contributed by atoms with E-state index in [0.717, 1.165) is 4.90 Å². The molecule has 3 heterocycles. The van der Waals surface area contributed by atoms with Gasteiger partial charge in [-0.05, 0) is 40.3 Å². The number of nitrogens with zero attached hydrogens (tertiary/aromatic N) is 2. The molecule has 2 fully saturated rings. The van der Waals surface area contributed by atoms with E-state index in [1.54, 1.807) is 92.7 Å². The molecular formula is C50H50N4O10. The summed E-state index contributed by atoms with van der Waals surface area (Å²) in [5.74, 6) is -4.93. The van der Waals surface area contributed by atoms with E-state index in [4.69, 9.17) is 14.2 Å². The molecular weight excluding hydrogens is 817 g/mol. The fraction of sp³-hybridized carbons (Fsp3) is 0.300. The van der Waals surface area contributed by atoms with Gasteiger partial charge in [-0.25, -0.2) is 14.5 Å². The van der Waals surface area contributed by atoms with Gasteiger partial charge in [0.2, 0.25) is 11.8 Å². The molecule has 1 spiro atoms. The van der Waals surface area contributed by atoms with Gasteiger partial charge in [0.1, 0.15) is 36.0 Å². The summed E-state index contributed by atoms with van der Waals surface area (Å²) >= 11 is 0. The molecule has 64 heavy (non-hydrogen) atoms. The van der Waals surface area contributed by atoms with Crippen LogP contribution in [0.25, 0.3) is 0 Å². The number of hydrogen-bond donors (Lipinski definition) is 4. The molecule has 8 atom stereocenters. The number of amides is 4. The molecule has 5 aromatic carbocycles. The highest BCUT2D eigenvalue weighted by atomic mass is 16.6. The molecule has 14 heteroatoms. The quantitative estimate of drug-likeness (QED) is 0.110. The number of aliphatic hydroxyl groups excluding tert-OH is 2. The molecule has 330 valence electrons. The normalized spacial score (nSPS) is 23.5. The molecule has 8 unspecified atom stereocenters. The van der Waals surface area contributed by atoms with Gasteiger partial charge in [0.15, 0.2) is 0 Å². The number of hydrogen-bond acceptors (Lipinski definition) is 11. The third-order valence-electron chi connectivity index (χ3n) is 12.5. The van der Waals surface area contributed by atoms with Gasteiger partial charge in [-0.15, -0.1) is 0 Å². The number of cyclic esters (lactones) is 1. The predicted octanol–water partition coefficient (Wildman–Crippen LogP) is 5.48. The van der Waals surface area contributed by atoms with Crippen molar-refractivity contribution in [1.82, 2.24) is 15.5 Å². The number of nitrogens with one attached hydrogen (secondary N) is 2. The first-order valence-electron chi connectivity index (χ1n) is 21.3. The predicted molar refractivity (Wildman–Crippen MR) is 235 cm³/mol. The van der Waals surface area contributed by atoms with Crippen LogP contribution in [0.2, 0.25) is 0 Å². The average Bonchev–Trinajstić information content (AvgIpc) is 3.78. The molecule has 4 amide bonds. The molecule has 4 N–H and O–H groups in total. The lowest BCUT2D eigenvalue weighted by Crippen LogP contribution is -2.58. The van der Waals surface area contributed by atoms with E-state index < -0.39 is 83.4 Å². The summed E-state index contributed by atoms with van der Waals surface area (Å²) in [6.45, 7) is 2.69. The Morgan fingerprint density at radius 1 is 0.797 bits per heavy atom. The van der Waals surface area contributed by atoms with Crippen molar-refractivity contribution in [3.63, 3.8) is 0 Å². The number of para-hydroxylation sites is 2. The van der Waals surface area contributed by atoms with E-state index >= 15 is 14.4 Å². The minimum Gasteiger partial charge on any atom is -0.491 e. The number of benzene rings is 5. The van der Waals surface area contributed by atoms with E-state index in [1.807, 2.05) is 65.6 Å². The molecule has 0 aromatic heterocycles. The van der Waals surface area contributed by atoms with Gasteiger partial charge >= 0.3 is 18.0 Å². The van der Waals surface area contributed by atoms with E-state index in [0.29, 0.717) is 22.3 Å². The van der Waals surface area contributed by atoms with Gasteiger partial charge < -0.3 is 35.1 Å². The molecule has 14 nitrogen and oxygen atoms in total. The van der Waals surface area contributed by atoms with Crippen molar-refractivity contribution in [2.24, 2.45) is 11.8 Å². The molecule has 2 saturated heterocycles. The number of urea groups is 1. The van der Waals surface area contributed by atoms with Crippen LogP contribution < -0.4 is 20.3 Å². The van der Waals surface area contributed by atoms with Crippen LogP contribution in [-0.4, -0.2) is 83.8 Å². The SMILES string of the molecule is COC(=O)C(NC(=O)N1C(=O)C2(c3ccccc31)C(C(=O)NCC(O)c1ccccc1)C1C(=O)OC(c3ccccc3)C(c3ccccc3)N1C2c1ccccc1OCCO)C(C)C. The van der Waals surface area contributed by atoms with Crippen molar-refractivity contribution in [3.8, 4) is 5.75 Å². The van der Waals surface area contributed by atoms with Gasteiger partial charge in [-0.2, -0.15) is 0 Å². The number of carbonyl (C=O) groups excluding carboxylic acids is 5. The Kier molecular flexibility index (Phi) is 12.6. The van der Waals surface area contributed by atoms with Crippen molar-refractivity contribution in [2.75, 3.05) is 31.8 Å². The van der Waals surface area contributed by atoms with Gasteiger partial charge in [0.05, 0.1) is 43.5 Å². The third-order valence-corrected chi connectivity index (χ3v) is 12.5. The van der Waals surface area contributed by atoms with E-state index in [1.165, 1.54) is 7.11 Å². The van der Waals surface area contributed by atoms with E-state index in [-0.39, 0.29) is 36.8 Å². The number of rotatable bonds is 13. The van der Waals surface area contributed by atoms with Crippen LogP contribution in [-0.2, 0) is 34.1 Å². The van der Waals surface area contributed by atoms with Crippen LogP contribution in [0, 0.1) is 11.8 Å². The summed E-state index contributed by atoms with van der Waals surface area (Å²) in [6.07, 6.45) is -2.13. The van der Waals surface area contributed by atoms with Crippen LogP contribution in [0.5, 0.6) is 5.75 Å². The summed E-state index contributed by atoms with van der Waals surface area (Å²) in [5, 5.41) is 27.0. The number of imide groups is 1. The topological polar surface area (TPSA) is 184 Å². The van der Waals surface area contributed by atoms with Gasteiger partial charge in [-0.3, -0.25) is 19.3 Å². The smallest absolute Gasteiger partial charge is 0.329 e. The van der Waals surface area contributed by atoms with Crippen molar-refractivity contribution >= 4 is 35.5 Å². The molecule has 0 radical (unpaired) electrons. The monoisotopic (exact) mass is 866 g/mol. The Labute approximate surface area is 370 Å². The molecule has 0 aliphatic carbocycles. The third kappa shape index (κ3) is 7.56. The van der Waals surface area contributed by atoms with Crippen LogP contribution in [0.4, 0.5) is 10.5 Å². The maximum atomic E-state index is 16.3. The number of methoxy groups -OCH3 is 1. The summed E-state index contributed by atoms with van der Waals surface area (Å²) in [4.78, 5) is 77.7. The fourth-order valence-corrected chi connectivity index (χ4v) is 9.75. The second kappa shape index (κ2) is 18.5. The number of aliphatic hydroxyl groups is 2. The summed E-state index contributed by atoms with van der Waals surface area (Å²) in [5.41, 5.74) is 0.558. The zero-order valence-corrected chi connectivity index (χ0v) is 35.6. The molecule has 5 aromatic rings. The lowest BCUT2D eigenvalue weighted by molar-refractivity contribution is -0.178. The second-order valence-corrected chi connectivity index (χ2v) is 16.4. The lowest BCUT2D eigenvalue weighted by Gasteiger charge is -2.46. The number of morpholine rings is 1. The largest absolute Gasteiger partial charge is 0.491 e. The number of anilines is 1. The number of carbonyl (C=O) groups is 5. The summed E-state index contributed by atoms with van der Waals surface area (Å²) < 4.78 is 17.7. The van der Waals surface area contributed by atoms with Crippen LogP contribution in [0.15, 0.2) is 140 Å². The Balaban J connectivity index is 1.41. The Bertz CT molecular complexity index is 2510. The number of fused-ring (bicyclic) bond motifs is 3. The first-order valence-corrected chi connectivity index (χ1v) is 21.3. The molecule has 3 aliphatic heterocycles. The number of ether oxygens (including phenoxy) is 3. The molecule has 8 rings (SSSR count). The lowest BCUT2D eigenvalue weighted by atomic mass is 9.65. The van der Waals surface area contributed by atoms with Crippen molar-refractivity contribution < 1.29 is 48.4 Å². The highest BCUT2D eigenvalue weighted by Crippen LogP contribution is 2.66. The average molecular weight is 867 g/mol.